The van der Waals surface area contributed by atoms with Crippen LogP contribution in [0.15, 0.2) is 110 Å². The van der Waals surface area contributed by atoms with Crippen LogP contribution in [0.4, 0.5) is 0 Å². The Labute approximate surface area is 225 Å². The first-order chi connectivity index (χ1) is 16.1. The molecule has 6 aromatic rings. The van der Waals surface area contributed by atoms with Crippen LogP contribution in [-0.2, 0) is 0 Å². The van der Waals surface area contributed by atoms with E-state index in [1.165, 1.54) is 18.2 Å². The third-order valence-electron chi connectivity index (χ3n) is 4.79. The molecule has 3 aromatic heterocycles. The van der Waals surface area contributed by atoms with Crippen LogP contribution in [0.1, 0.15) is 0 Å². The van der Waals surface area contributed by atoms with E-state index in [9.17, 15) is 15.3 Å². The zero-order chi connectivity index (χ0) is 23.0. The van der Waals surface area contributed by atoms with Crippen LogP contribution in [0.5, 0.6) is 17.2 Å². The smallest absolute Gasteiger partial charge is 0.871 e. The second kappa shape index (κ2) is 12.1. The Morgan fingerprint density at radius 2 is 0.647 bits per heavy atom. The summed E-state index contributed by atoms with van der Waals surface area (Å²) in [6.07, 6.45) is 4.89. The van der Waals surface area contributed by atoms with Crippen molar-refractivity contribution >= 4 is 32.7 Å². The minimum absolute atomic E-state index is 0. The van der Waals surface area contributed by atoms with Gasteiger partial charge in [-0.2, -0.15) is 0 Å². The molecule has 0 amide bonds. The Kier molecular flexibility index (Phi) is 8.98. The first kappa shape index (κ1) is 25.2. The Morgan fingerprint density at radius 1 is 0.382 bits per heavy atom. The minimum atomic E-state index is -0.0110. The molecule has 0 aliphatic heterocycles. The van der Waals surface area contributed by atoms with Crippen LogP contribution in [0.2, 0.25) is 0 Å². The molecule has 171 valence electrons. The van der Waals surface area contributed by atoms with Gasteiger partial charge in [0, 0.05) is 18.6 Å². The van der Waals surface area contributed by atoms with Gasteiger partial charge >= 0.3 is 37.3 Å². The van der Waals surface area contributed by atoms with Gasteiger partial charge in [-0.15, -0.1) is 0 Å². The fourth-order valence-electron chi connectivity index (χ4n) is 3.23. The maximum absolute atomic E-state index is 11.1. The van der Waals surface area contributed by atoms with Crippen LogP contribution in [0.25, 0.3) is 32.7 Å². The molecule has 3 aromatic carbocycles. The second-order valence-corrected chi connectivity index (χ2v) is 6.99. The van der Waals surface area contributed by atoms with Crippen LogP contribution in [0, 0.1) is 37.3 Å². The summed E-state index contributed by atoms with van der Waals surface area (Å²) in [6, 6.07) is 26.5. The Balaban J connectivity index is 0.000000141. The minimum Gasteiger partial charge on any atom is -0.871 e. The van der Waals surface area contributed by atoms with Crippen molar-refractivity contribution in [2.75, 3.05) is 0 Å². The van der Waals surface area contributed by atoms with Gasteiger partial charge in [0.25, 0.3) is 0 Å². The maximum atomic E-state index is 11.1. The first-order valence-corrected chi connectivity index (χ1v) is 10.2. The van der Waals surface area contributed by atoms with E-state index in [1.807, 2.05) is 54.6 Å². The van der Waals surface area contributed by atoms with Gasteiger partial charge in [0.1, 0.15) is 0 Å². The number of fused-ring (bicyclic) bond motifs is 3. The Hall–Kier alpha value is -3.46. The molecular weight excluding hydrogens is 582 g/mol. The first-order valence-electron chi connectivity index (χ1n) is 10.2. The van der Waals surface area contributed by atoms with Crippen LogP contribution < -0.4 is 15.3 Å². The summed E-state index contributed by atoms with van der Waals surface area (Å²) >= 11 is 0. The van der Waals surface area contributed by atoms with Gasteiger partial charge in [-0.25, -0.2) is 0 Å². The van der Waals surface area contributed by atoms with Gasteiger partial charge in [0.15, 0.2) is 0 Å². The molecule has 0 fully saturated rings. The molecule has 0 N–H and O–H groups in total. The second-order valence-electron chi connectivity index (χ2n) is 6.99. The van der Waals surface area contributed by atoms with Gasteiger partial charge in [0.05, 0.1) is 16.6 Å². The fourth-order valence-corrected chi connectivity index (χ4v) is 3.23. The number of pyridine rings is 3. The monoisotopic (exact) mass is 598 g/mol. The summed E-state index contributed by atoms with van der Waals surface area (Å²) in [6.45, 7) is 0. The molecule has 0 aliphatic carbocycles. The average Bonchev–Trinajstić information content (AvgIpc) is 2.86. The van der Waals surface area contributed by atoms with Crippen molar-refractivity contribution in [1.82, 2.24) is 15.0 Å². The zero-order valence-corrected chi connectivity index (χ0v) is 19.6. The summed E-state index contributed by atoms with van der Waals surface area (Å²) in [5.41, 5.74) is 1.65. The normalized spacial score (nSPS) is 9.88. The summed E-state index contributed by atoms with van der Waals surface area (Å²) in [7, 11) is 0. The third kappa shape index (κ3) is 6.10. The Bertz CT molecular complexity index is 1330. The quantitative estimate of drug-likeness (QED) is 0.262. The number of hydrogen-bond donors (Lipinski definition) is 0. The molecular formula is C27H18ErN3O3. The molecule has 3 heterocycles. The SMILES string of the molecule is [Er+3].[O-]c1cccc2cccnc12.[O-]c1cccc2cccnc12.[O-]c1cccc2cccnc12. The molecule has 0 spiro atoms. The number of para-hydroxylation sites is 3. The molecule has 0 atom stereocenters. The van der Waals surface area contributed by atoms with Crippen molar-refractivity contribution < 1.29 is 52.6 Å². The van der Waals surface area contributed by atoms with Crippen LogP contribution >= 0.6 is 0 Å². The van der Waals surface area contributed by atoms with E-state index in [2.05, 4.69) is 15.0 Å². The van der Waals surface area contributed by atoms with Crippen molar-refractivity contribution in [3.8, 4) is 17.2 Å². The molecule has 0 aliphatic rings. The predicted molar refractivity (Wildman–Crippen MR) is 124 cm³/mol. The summed E-state index contributed by atoms with van der Waals surface area (Å²) in [5, 5.41) is 36.1. The van der Waals surface area contributed by atoms with E-state index in [0.29, 0.717) is 16.6 Å². The standard InChI is InChI=1S/3C9H7NO.Er/c3*11-8-5-1-3-7-4-2-6-10-9(7)8;/h3*1-6,11H;/q;;;+3/p-3. The molecule has 34 heavy (non-hydrogen) atoms. The largest absolute Gasteiger partial charge is 3.00 e. The van der Waals surface area contributed by atoms with Gasteiger partial charge < -0.3 is 15.3 Å². The summed E-state index contributed by atoms with van der Waals surface area (Å²) in [4.78, 5) is 11.9. The molecule has 6 rings (SSSR count). The molecule has 6 nitrogen and oxygen atoms in total. The molecule has 1 radical (unpaired) electrons. The molecule has 7 heteroatoms. The van der Waals surface area contributed by atoms with Crippen molar-refractivity contribution in [1.29, 1.82) is 0 Å². The third-order valence-corrected chi connectivity index (χ3v) is 4.79. The number of aromatic nitrogens is 3. The average molecular weight is 600 g/mol. The summed E-state index contributed by atoms with van der Waals surface area (Å²) < 4.78 is 0. The fraction of sp³-hybridized carbons (Fsp3) is 0. The van der Waals surface area contributed by atoms with Gasteiger partial charge in [0.2, 0.25) is 0 Å². The van der Waals surface area contributed by atoms with Crippen molar-refractivity contribution in [2.24, 2.45) is 0 Å². The van der Waals surface area contributed by atoms with Crippen LogP contribution in [-0.4, -0.2) is 15.0 Å². The number of rotatable bonds is 0. The maximum Gasteiger partial charge on any atom is 3.00 e. The summed E-state index contributed by atoms with van der Waals surface area (Å²) in [5.74, 6) is -0.0331. The molecule has 0 saturated heterocycles. The van der Waals surface area contributed by atoms with E-state index in [4.69, 9.17) is 0 Å². The van der Waals surface area contributed by atoms with Crippen LogP contribution in [0.3, 0.4) is 0 Å². The van der Waals surface area contributed by atoms with E-state index >= 15 is 0 Å². The van der Waals surface area contributed by atoms with Gasteiger partial charge in [-0.1, -0.05) is 90.0 Å². The Morgan fingerprint density at radius 3 is 0.912 bits per heavy atom. The predicted octanol–water partition coefficient (Wildman–Crippen LogP) is 3.93. The zero-order valence-electron chi connectivity index (χ0n) is 17.7. The molecule has 0 bridgehead atoms. The van der Waals surface area contributed by atoms with Crippen molar-refractivity contribution in [3.05, 3.63) is 110 Å². The van der Waals surface area contributed by atoms with Crippen molar-refractivity contribution in [2.45, 2.75) is 0 Å². The van der Waals surface area contributed by atoms with E-state index in [-0.39, 0.29) is 54.6 Å². The van der Waals surface area contributed by atoms with E-state index < -0.39 is 0 Å². The topological polar surface area (TPSA) is 108 Å². The number of hydrogen-bond acceptors (Lipinski definition) is 6. The number of nitrogens with zero attached hydrogens (tertiary/aromatic N) is 3. The van der Waals surface area contributed by atoms with Crippen molar-refractivity contribution in [3.63, 3.8) is 0 Å². The van der Waals surface area contributed by atoms with Gasteiger partial charge in [-0.3, -0.25) is 15.0 Å². The molecule has 0 saturated carbocycles. The van der Waals surface area contributed by atoms with E-state index in [1.54, 1.807) is 36.8 Å². The number of benzene rings is 3. The van der Waals surface area contributed by atoms with Gasteiger partial charge in [-0.05, 0) is 34.4 Å². The van der Waals surface area contributed by atoms with E-state index in [0.717, 1.165) is 16.2 Å². The molecule has 0 unspecified atom stereocenters.